The standard InChI is InChI=1S/C20H24BrNO/c1-13(2)16-7-6-8-17(14(3)4)20(16)22-12-15-9-10-19(23-5)18(21)11-15/h6-14H,1-5H3. The number of rotatable bonds is 5. The number of hydrogen-bond donors (Lipinski definition) is 0. The fourth-order valence-corrected chi connectivity index (χ4v) is 3.12. The number of hydrogen-bond acceptors (Lipinski definition) is 2. The Bertz CT molecular complexity index is 679. The van der Waals surface area contributed by atoms with Crippen molar-refractivity contribution in [2.75, 3.05) is 7.11 Å². The summed E-state index contributed by atoms with van der Waals surface area (Å²) >= 11 is 3.52. The number of halogens is 1. The van der Waals surface area contributed by atoms with Crippen LogP contribution in [0.1, 0.15) is 56.2 Å². The highest BCUT2D eigenvalue weighted by Crippen LogP contribution is 2.34. The van der Waals surface area contributed by atoms with E-state index in [9.17, 15) is 0 Å². The number of methoxy groups -OCH3 is 1. The highest BCUT2D eigenvalue weighted by atomic mass is 79.9. The Morgan fingerprint density at radius 2 is 1.61 bits per heavy atom. The van der Waals surface area contributed by atoms with E-state index in [0.717, 1.165) is 21.5 Å². The van der Waals surface area contributed by atoms with E-state index in [1.807, 2.05) is 24.4 Å². The molecule has 122 valence electrons. The van der Waals surface area contributed by atoms with Crippen molar-refractivity contribution in [1.82, 2.24) is 0 Å². The summed E-state index contributed by atoms with van der Waals surface area (Å²) in [6.45, 7) is 8.84. The minimum Gasteiger partial charge on any atom is -0.496 e. The minimum atomic E-state index is 0.448. The highest BCUT2D eigenvalue weighted by Gasteiger charge is 2.12. The highest BCUT2D eigenvalue weighted by molar-refractivity contribution is 9.10. The van der Waals surface area contributed by atoms with Gasteiger partial charge < -0.3 is 4.74 Å². The van der Waals surface area contributed by atoms with Gasteiger partial charge in [0, 0.05) is 6.21 Å². The third-order valence-corrected chi connectivity index (χ3v) is 4.48. The summed E-state index contributed by atoms with van der Waals surface area (Å²) < 4.78 is 6.21. The average molecular weight is 374 g/mol. The summed E-state index contributed by atoms with van der Waals surface area (Å²) in [5.41, 5.74) is 4.73. The lowest BCUT2D eigenvalue weighted by atomic mass is 9.93. The molecule has 0 N–H and O–H groups in total. The van der Waals surface area contributed by atoms with E-state index in [2.05, 4.69) is 61.8 Å². The van der Waals surface area contributed by atoms with Crippen molar-refractivity contribution in [3.05, 3.63) is 57.6 Å². The van der Waals surface area contributed by atoms with Crippen molar-refractivity contribution in [2.45, 2.75) is 39.5 Å². The first-order chi connectivity index (χ1) is 10.9. The van der Waals surface area contributed by atoms with Crippen LogP contribution in [0, 0.1) is 0 Å². The Hall–Kier alpha value is -1.61. The largest absolute Gasteiger partial charge is 0.496 e. The van der Waals surface area contributed by atoms with Crippen LogP contribution in [-0.4, -0.2) is 13.3 Å². The van der Waals surface area contributed by atoms with Crippen molar-refractivity contribution in [3.63, 3.8) is 0 Å². The maximum absolute atomic E-state index is 5.27. The van der Waals surface area contributed by atoms with Crippen LogP contribution in [0.5, 0.6) is 5.75 Å². The Morgan fingerprint density at radius 1 is 1.00 bits per heavy atom. The molecule has 0 aromatic heterocycles. The lowest BCUT2D eigenvalue weighted by molar-refractivity contribution is 0.412. The topological polar surface area (TPSA) is 21.6 Å². The zero-order valence-electron chi connectivity index (χ0n) is 14.4. The molecule has 2 aromatic rings. The van der Waals surface area contributed by atoms with Gasteiger partial charge in [-0.3, -0.25) is 4.99 Å². The van der Waals surface area contributed by atoms with Gasteiger partial charge in [-0.2, -0.15) is 0 Å². The molecule has 0 bridgehead atoms. The quantitative estimate of drug-likeness (QED) is 0.551. The predicted molar refractivity (Wildman–Crippen MR) is 103 cm³/mol. The van der Waals surface area contributed by atoms with Gasteiger partial charge in [-0.15, -0.1) is 0 Å². The molecule has 0 fully saturated rings. The molecule has 0 atom stereocenters. The van der Waals surface area contributed by atoms with Crippen LogP contribution in [0.3, 0.4) is 0 Å². The van der Waals surface area contributed by atoms with E-state index < -0.39 is 0 Å². The van der Waals surface area contributed by atoms with E-state index in [0.29, 0.717) is 11.8 Å². The Labute approximate surface area is 147 Å². The first-order valence-electron chi connectivity index (χ1n) is 7.94. The summed E-state index contributed by atoms with van der Waals surface area (Å²) in [6.07, 6.45) is 1.93. The normalized spacial score (nSPS) is 11.7. The first-order valence-corrected chi connectivity index (χ1v) is 8.73. The maximum Gasteiger partial charge on any atom is 0.133 e. The Morgan fingerprint density at radius 3 is 2.09 bits per heavy atom. The van der Waals surface area contributed by atoms with Crippen molar-refractivity contribution in [3.8, 4) is 5.75 Å². The second-order valence-corrected chi connectivity index (χ2v) is 7.10. The molecule has 3 heteroatoms. The van der Waals surface area contributed by atoms with Gasteiger partial charge in [-0.05, 0) is 62.7 Å². The summed E-state index contributed by atoms with van der Waals surface area (Å²) in [4.78, 5) is 4.83. The van der Waals surface area contributed by atoms with Crippen LogP contribution < -0.4 is 4.74 Å². The number of ether oxygens (including phenoxy) is 1. The molecule has 0 saturated heterocycles. The number of benzene rings is 2. The van der Waals surface area contributed by atoms with Gasteiger partial charge in [0.25, 0.3) is 0 Å². The zero-order chi connectivity index (χ0) is 17.0. The molecule has 2 aromatic carbocycles. The molecular formula is C20H24BrNO. The Balaban J connectivity index is 2.44. The van der Waals surface area contributed by atoms with Gasteiger partial charge in [0.2, 0.25) is 0 Å². The van der Waals surface area contributed by atoms with Crippen LogP contribution in [-0.2, 0) is 0 Å². The first kappa shape index (κ1) is 17.7. The van der Waals surface area contributed by atoms with Gasteiger partial charge in [0.05, 0.1) is 17.3 Å². The molecule has 0 saturated carbocycles. The molecule has 0 aliphatic rings. The van der Waals surface area contributed by atoms with E-state index in [4.69, 9.17) is 9.73 Å². The van der Waals surface area contributed by atoms with Gasteiger partial charge in [0.1, 0.15) is 5.75 Å². The molecule has 0 unspecified atom stereocenters. The number of para-hydroxylation sites is 1. The fourth-order valence-electron chi connectivity index (χ4n) is 2.56. The summed E-state index contributed by atoms with van der Waals surface area (Å²) in [7, 11) is 1.67. The maximum atomic E-state index is 5.27. The van der Waals surface area contributed by atoms with Crippen LogP contribution >= 0.6 is 15.9 Å². The molecule has 0 aliphatic heterocycles. The summed E-state index contributed by atoms with van der Waals surface area (Å²) in [5, 5.41) is 0. The molecule has 2 nitrogen and oxygen atoms in total. The van der Waals surface area contributed by atoms with Crippen molar-refractivity contribution in [1.29, 1.82) is 0 Å². The molecule has 23 heavy (non-hydrogen) atoms. The third-order valence-electron chi connectivity index (χ3n) is 3.86. The fraction of sp³-hybridized carbons (Fsp3) is 0.350. The van der Waals surface area contributed by atoms with Gasteiger partial charge in [-0.25, -0.2) is 0 Å². The minimum absolute atomic E-state index is 0.448. The van der Waals surface area contributed by atoms with Crippen LogP contribution in [0.25, 0.3) is 0 Å². The third kappa shape index (κ3) is 4.23. The Kier molecular flexibility index (Phi) is 6.00. The SMILES string of the molecule is COc1ccc(C=Nc2c(C(C)C)cccc2C(C)C)cc1Br. The smallest absolute Gasteiger partial charge is 0.133 e. The van der Waals surface area contributed by atoms with Crippen molar-refractivity contribution >= 4 is 27.8 Å². The molecule has 2 rings (SSSR count). The molecule has 0 spiro atoms. The molecular weight excluding hydrogens is 350 g/mol. The van der Waals surface area contributed by atoms with Crippen molar-refractivity contribution in [2.24, 2.45) is 4.99 Å². The van der Waals surface area contributed by atoms with E-state index in [-0.39, 0.29) is 0 Å². The van der Waals surface area contributed by atoms with E-state index in [1.165, 1.54) is 11.1 Å². The second kappa shape index (κ2) is 7.78. The van der Waals surface area contributed by atoms with Gasteiger partial charge in [0.15, 0.2) is 0 Å². The number of aliphatic imine (C=N–C) groups is 1. The van der Waals surface area contributed by atoms with Crippen LogP contribution in [0.4, 0.5) is 5.69 Å². The molecule has 0 heterocycles. The van der Waals surface area contributed by atoms with Crippen LogP contribution in [0.2, 0.25) is 0 Å². The second-order valence-electron chi connectivity index (χ2n) is 6.25. The predicted octanol–water partition coefficient (Wildman–Crippen LogP) is 6.46. The van der Waals surface area contributed by atoms with Crippen molar-refractivity contribution < 1.29 is 4.74 Å². The lowest BCUT2D eigenvalue weighted by Crippen LogP contribution is -1.96. The number of nitrogens with zero attached hydrogens (tertiary/aromatic N) is 1. The molecule has 0 amide bonds. The van der Waals surface area contributed by atoms with Crippen LogP contribution in [0.15, 0.2) is 45.9 Å². The monoisotopic (exact) mass is 373 g/mol. The molecule has 0 aliphatic carbocycles. The molecule has 0 radical (unpaired) electrons. The zero-order valence-corrected chi connectivity index (χ0v) is 16.0. The van der Waals surface area contributed by atoms with Gasteiger partial charge >= 0.3 is 0 Å². The lowest BCUT2D eigenvalue weighted by Gasteiger charge is -2.16. The van der Waals surface area contributed by atoms with Gasteiger partial charge in [-0.1, -0.05) is 45.9 Å². The summed E-state index contributed by atoms with van der Waals surface area (Å²) in [6, 6.07) is 12.5. The van der Waals surface area contributed by atoms with E-state index >= 15 is 0 Å². The average Bonchev–Trinajstić information content (AvgIpc) is 2.52. The van der Waals surface area contributed by atoms with E-state index in [1.54, 1.807) is 7.11 Å². The summed E-state index contributed by atoms with van der Waals surface area (Å²) in [5.74, 6) is 1.72.